The molecule has 2 aromatic carbocycles. The summed E-state index contributed by atoms with van der Waals surface area (Å²) in [4.78, 5) is 25.4. The van der Waals surface area contributed by atoms with E-state index in [1.54, 1.807) is 11.0 Å². The molecule has 3 aliphatic rings. The molecular weight excluding hydrogens is 526 g/mol. The van der Waals surface area contributed by atoms with E-state index in [9.17, 15) is 10.1 Å². The highest BCUT2D eigenvalue weighted by molar-refractivity contribution is 5.94. The molecule has 3 aliphatic heterocycles. The van der Waals surface area contributed by atoms with Crippen LogP contribution in [-0.4, -0.2) is 47.4 Å². The summed E-state index contributed by atoms with van der Waals surface area (Å²) < 4.78 is 37.7. The lowest BCUT2D eigenvalue weighted by Crippen LogP contribution is -2.66. The van der Waals surface area contributed by atoms with Crippen LogP contribution in [0.5, 0.6) is 0 Å². The van der Waals surface area contributed by atoms with Gasteiger partial charge in [0.05, 0.1) is 52.9 Å². The molecule has 2 aromatic heterocycles. The number of rotatable bonds is 4. The van der Waals surface area contributed by atoms with Crippen LogP contribution in [0.15, 0.2) is 41.2 Å². The summed E-state index contributed by atoms with van der Waals surface area (Å²) in [7, 11) is 0. The summed E-state index contributed by atoms with van der Waals surface area (Å²) in [6.45, 7) is 6.77. The molecule has 4 aromatic rings. The van der Waals surface area contributed by atoms with Gasteiger partial charge >= 0.3 is 0 Å². The van der Waals surface area contributed by atoms with Crippen molar-refractivity contribution in [1.82, 2.24) is 19.9 Å². The lowest BCUT2D eigenvalue weighted by atomic mass is 9.77. The maximum absolute atomic E-state index is 15.6. The predicted molar refractivity (Wildman–Crippen MR) is 150 cm³/mol. The first kappa shape index (κ1) is 25.7. The summed E-state index contributed by atoms with van der Waals surface area (Å²) in [5, 5.41) is 13.4. The topological polar surface area (TPSA) is 96.1 Å². The zero-order chi connectivity index (χ0) is 28.5. The molecule has 10 heteroatoms. The van der Waals surface area contributed by atoms with E-state index in [1.165, 1.54) is 22.8 Å². The number of nitrogens with zero attached hydrogens (tertiary/aromatic N) is 5. The average Bonchev–Trinajstić information content (AvgIpc) is 3.42. The second-order valence-corrected chi connectivity index (χ2v) is 11.5. The number of nitrogens with one attached hydrogen (secondary N) is 1. The normalized spacial score (nSPS) is 19.3. The Morgan fingerprint density at radius 2 is 1.76 bits per heavy atom. The van der Waals surface area contributed by atoms with Crippen LogP contribution >= 0.6 is 0 Å². The van der Waals surface area contributed by atoms with Gasteiger partial charge < -0.3 is 15.0 Å². The first-order valence-electron chi connectivity index (χ1n) is 13.8. The molecule has 0 radical (unpaired) electrons. The second-order valence-electron chi connectivity index (χ2n) is 11.5. The summed E-state index contributed by atoms with van der Waals surface area (Å²) in [6, 6.07) is 11.3. The molecule has 0 amide bonds. The van der Waals surface area contributed by atoms with Gasteiger partial charge in [-0.05, 0) is 63.1 Å². The number of pyridine rings is 1. The number of nitriles is 1. The quantitative estimate of drug-likeness (QED) is 0.398. The Morgan fingerprint density at radius 1 is 1.05 bits per heavy atom. The number of aromatic nitrogens is 3. The number of benzene rings is 2. The van der Waals surface area contributed by atoms with Gasteiger partial charge in [-0.3, -0.25) is 14.3 Å². The van der Waals surface area contributed by atoms with Gasteiger partial charge in [-0.2, -0.15) is 5.26 Å². The zero-order valence-electron chi connectivity index (χ0n) is 22.8. The van der Waals surface area contributed by atoms with Gasteiger partial charge in [0, 0.05) is 42.2 Å². The number of halogens is 2. The van der Waals surface area contributed by atoms with Crippen LogP contribution in [0, 0.1) is 42.2 Å². The first-order chi connectivity index (χ1) is 19.7. The number of fused-ring (bicyclic) bond motifs is 1. The highest BCUT2D eigenvalue weighted by Gasteiger charge is 2.50. The molecule has 5 heterocycles. The van der Waals surface area contributed by atoms with Gasteiger partial charge in [-0.25, -0.2) is 13.8 Å². The molecule has 1 N–H and O–H groups in total. The summed E-state index contributed by atoms with van der Waals surface area (Å²) in [6.07, 6.45) is 1.60. The monoisotopic (exact) mass is 554 g/mol. The smallest absolute Gasteiger partial charge is 0.266 e. The molecule has 0 bridgehead atoms. The molecule has 8 nitrogen and oxygen atoms in total. The number of hydrogen-bond donors (Lipinski definition) is 1. The molecule has 1 atom stereocenters. The van der Waals surface area contributed by atoms with E-state index < -0.39 is 17.2 Å². The molecular formula is C31H28F2N6O2. The molecule has 3 saturated heterocycles. The Hall–Kier alpha value is -4.20. The molecule has 3 fully saturated rings. The maximum Gasteiger partial charge on any atom is 0.266 e. The van der Waals surface area contributed by atoms with Crippen LogP contribution in [0.4, 0.5) is 14.5 Å². The fraction of sp³-hybridized carbons (Fsp3) is 0.355. The maximum atomic E-state index is 15.6. The van der Waals surface area contributed by atoms with E-state index in [0.717, 1.165) is 36.3 Å². The van der Waals surface area contributed by atoms with Crippen molar-refractivity contribution >= 4 is 16.6 Å². The lowest BCUT2D eigenvalue weighted by molar-refractivity contribution is -0.127. The van der Waals surface area contributed by atoms with Gasteiger partial charge in [-0.1, -0.05) is 0 Å². The van der Waals surface area contributed by atoms with Crippen molar-refractivity contribution in [2.75, 3.05) is 37.7 Å². The minimum absolute atomic E-state index is 0.0138. The van der Waals surface area contributed by atoms with E-state index >= 15 is 8.78 Å². The van der Waals surface area contributed by atoms with Crippen molar-refractivity contribution in [3.63, 3.8) is 0 Å². The minimum atomic E-state index is -0.735. The zero-order valence-corrected chi connectivity index (χ0v) is 22.8. The van der Waals surface area contributed by atoms with E-state index in [2.05, 4.69) is 16.4 Å². The largest absolute Gasteiger partial charge is 0.380 e. The molecule has 41 heavy (non-hydrogen) atoms. The Bertz CT molecular complexity index is 1780. The Balaban J connectivity index is 1.44. The Morgan fingerprint density at radius 3 is 2.34 bits per heavy atom. The van der Waals surface area contributed by atoms with Crippen molar-refractivity contribution in [3.05, 3.63) is 81.2 Å². The highest BCUT2D eigenvalue weighted by atomic mass is 19.1. The van der Waals surface area contributed by atoms with Crippen molar-refractivity contribution < 1.29 is 13.5 Å². The standard InChI is InChI=1S/C31H28F2N6O2/c1-17-6-20(7-18(2)36-17)22-8-19(12-34)9-23-27(22)37-29(26-4-3-5-35-26)39(30(23)40)21-10-24(32)28(25(33)11-21)38-13-31(14-38)15-41-16-31/h6-11,26,35H,3-5,13-16H2,1-2H3. The predicted octanol–water partition coefficient (Wildman–Crippen LogP) is 4.48. The number of aryl methyl sites for hydroxylation is 2. The SMILES string of the molecule is Cc1cc(-c2cc(C#N)cc3c(=O)n(-c4cc(F)c(N5CC6(COC6)C5)c(F)c4)c(C4CCCN4)nc23)cc(C)n1. The first-order valence-corrected chi connectivity index (χ1v) is 13.8. The minimum Gasteiger partial charge on any atom is -0.380 e. The van der Waals surface area contributed by atoms with Crippen LogP contribution < -0.4 is 15.8 Å². The number of ether oxygens (including phenoxy) is 1. The van der Waals surface area contributed by atoms with Crippen molar-refractivity contribution in [3.8, 4) is 22.9 Å². The molecule has 208 valence electrons. The van der Waals surface area contributed by atoms with E-state index in [-0.39, 0.29) is 33.8 Å². The molecule has 0 saturated carbocycles. The van der Waals surface area contributed by atoms with Crippen LogP contribution in [0.25, 0.3) is 27.7 Å². The summed E-state index contributed by atoms with van der Waals surface area (Å²) in [5.74, 6) is -1.09. The Labute approximate surface area is 235 Å². The molecule has 7 rings (SSSR count). The fourth-order valence-electron chi connectivity index (χ4n) is 6.45. The highest BCUT2D eigenvalue weighted by Crippen LogP contribution is 2.42. The van der Waals surface area contributed by atoms with Crippen LogP contribution in [0.2, 0.25) is 0 Å². The van der Waals surface area contributed by atoms with Crippen LogP contribution in [0.3, 0.4) is 0 Å². The average molecular weight is 555 g/mol. The third-order valence-electron chi connectivity index (χ3n) is 8.34. The van der Waals surface area contributed by atoms with Crippen molar-refractivity contribution in [1.29, 1.82) is 5.26 Å². The summed E-state index contributed by atoms with van der Waals surface area (Å²) >= 11 is 0. The second kappa shape index (κ2) is 9.43. The number of hydrogen-bond acceptors (Lipinski definition) is 7. The van der Waals surface area contributed by atoms with Gasteiger partial charge in [0.15, 0.2) is 11.6 Å². The van der Waals surface area contributed by atoms with Crippen molar-refractivity contribution in [2.24, 2.45) is 5.41 Å². The Kier molecular flexibility index (Phi) is 5.92. The third-order valence-corrected chi connectivity index (χ3v) is 8.34. The fourth-order valence-corrected chi connectivity index (χ4v) is 6.45. The van der Waals surface area contributed by atoms with Crippen molar-refractivity contribution in [2.45, 2.75) is 32.7 Å². The van der Waals surface area contributed by atoms with E-state index in [1.807, 2.05) is 26.0 Å². The molecule has 0 aliphatic carbocycles. The van der Waals surface area contributed by atoms with Gasteiger partial charge in [-0.15, -0.1) is 0 Å². The number of anilines is 1. The molecule has 1 unspecified atom stereocenters. The van der Waals surface area contributed by atoms with Gasteiger partial charge in [0.1, 0.15) is 11.5 Å². The van der Waals surface area contributed by atoms with E-state index in [4.69, 9.17) is 9.72 Å². The van der Waals surface area contributed by atoms with Gasteiger partial charge in [0.25, 0.3) is 5.56 Å². The molecule has 1 spiro atoms. The van der Waals surface area contributed by atoms with E-state index in [0.29, 0.717) is 43.2 Å². The van der Waals surface area contributed by atoms with Crippen LogP contribution in [0.1, 0.15) is 41.7 Å². The summed E-state index contributed by atoms with van der Waals surface area (Å²) in [5.41, 5.74) is 3.21. The van der Waals surface area contributed by atoms with Gasteiger partial charge in [0.2, 0.25) is 0 Å². The van der Waals surface area contributed by atoms with Crippen LogP contribution in [-0.2, 0) is 4.74 Å². The lowest BCUT2D eigenvalue weighted by Gasteiger charge is -2.55. The third kappa shape index (κ3) is 4.19.